The number of nitrogens with one attached hydrogen (secondary N) is 1. The van der Waals surface area contributed by atoms with E-state index in [0.717, 1.165) is 19.5 Å². The van der Waals surface area contributed by atoms with Crippen LogP contribution in [0.2, 0.25) is 0 Å². The molecule has 1 aromatic rings. The van der Waals surface area contributed by atoms with Crippen LogP contribution in [0.15, 0.2) is 18.2 Å². The van der Waals surface area contributed by atoms with Gasteiger partial charge >= 0.3 is 0 Å². The molecule has 0 unspecified atom stereocenters. The number of pyridine rings is 1. The van der Waals surface area contributed by atoms with Crippen LogP contribution in [0.3, 0.4) is 0 Å². The molecule has 0 spiro atoms. The third kappa shape index (κ3) is 4.27. The van der Waals surface area contributed by atoms with Crippen LogP contribution in [0.4, 0.5) is 0 Å². The van der Waals surface area contributed by atoms with Gasteiger partial charge in [0, 0.05) is 6.07 Å². The summed E-state index contributed by atoms with van der Waals surface area (Å²) in [6, 6.07) is 4.97. The lowest BCUT2D eigenvalue weighted by Gasteiger charge is -2.05. The first-order chi connectivity index (χ1) is 7.74. The van der Waals surface area contributed by atoms with E-state index in [9.17, 15) is 4.79 Å². The highest BCUT2D eigenvalue weighted by atomic mass is 16.5. The van der Waals surface area contributed by atoms with Crippen molar-refractivity contribution in [3.05, 3.63) is 23.9 Å². The van der Waals surface area contributed by atoms with Gasteiger partial charge in [-0.1, -0.05) is 13.0 Å². The third-order valence-corrected chi connectivity index (χ3v) is 1.97. The summed E-state index contributed by atoms with van der Waals surface area (Å²) in [4.78, 5) is 14.8. The highest BCUT2D eigenvalue weighted by Gasteiger charge is 2.03. The molecule has 0 radical (unpaired) electrons. The van der Waals surface area contributed by atoms with E-state index in [-0.39, 0.29) is 5.69 Å². The summed E-state index contributed by atoms with van der Waals surface area (Å²) in [6.45, 7) is 4.49. The number of primary amides is 1. The van der Waals surface area contributed by atoms with Crippen LogP contribution in [0.5, 0.6) is 5.88 Å². The molecule has 1 amide bonds. The number of amides is 1. The lowest BCUT2D eigenvalue weighted by molar-refractivity contribution is 0.0994. The molecule has 0 saturated carbocycles. The predicted octanol–water partition coefficient (Wildman–Crippen LogP) is 0.559. The van der Waals surface area contributed by atoms with Crippen LogP contribution in [0, 0.1) is 0 Å². The minimum absolute atomic E-state index is 0.226. The first-order valence-electron chi connectivity index (χ1n) is 5.34. The fourth-order valence-corrected chi connectivity index (χ4v) is 1.18. The number of carbonyl (C=O) groups is 1. The predicted molar refractivity (Wildman–Crippen MR) is 61.4 cm³/mol. The quantitative estimate of drug-likeness (QED) is 0.662. The standard InChI is InChI=1S/C11H17N3O2/c1-2-13-7-4-8-16-10-6-3-5-9(14-10)11(12)15/h3,5-6,13H,2,4,7-8H2,1H3,(H2,12,15). The second-order valence-electron chi connectivity index (χ2n) is 3.28. The zero-order valence-electron chi connectivity index (χ0n) is 9.40. The number of carbonyl (C=O) groups excluding carboxylic acids is 1. The van der Waals surface area contributed by atoms with Crippen LogP contribution in [0.1, 0.15) is 23.8 Å². The number of nitrogens with two attached hydrogens (primary N) is 1. The number of hydrogen-bond donors (Lipinski definition) is 2. The minimum atomic E-state index is -0.543. The van der Waals surface area contributed by atoms with Crippen molar-refractivity contribution in [3.8, 4) is 5.88 Å². The molecule has 5 nitrogen and oxygen atoms in total. The normalized spacial score (nSPS) is 10.1. The lowest BCUT2D eigenvalue weighted by atomic mass is 10.3. The van der Waals surface area contributed by atoms with Crippen molar-refractivity contribution in [2.24, 2.45) is 5.73 Å². The van der Waals surface area contributed by atoms with Gasteiger partial charge in [0.05, 0.1) is 6.61 Å². The van der Waals surface area contributed by atoms with Gasteiger partial charge in [-0.05, 0) is 25.6 Å². The molecule has 0 fully saturated rings. The fourth-order valence-electron chi connectivity index (χ4n) is 1.18. The van der Waals surface area contributed by atoms with E-state index in [1.54, 1.807) is 18.2 Å². The van der Waals surface area contributed by atoms with Crippen LogP contribution in [0.25, 0.3) is 0 Å². The molecule has 1 heterocycles. The second kappa shape index (κ2) is 6.79. The van der Waals surface area contributed by atoms with Crippen molar-refractivity contribution >= 4 is 5.91 Å². The van der Waals surface area contributed by atoms with Crippen LogP contribution < -0.4 is 15.8 Å². The molecule has 0 aliphatic carbocycles. The Balaban J connectivity index is 2.36. The molecule has 88 valence electrons. The van der Waals surface area contributed by atoms with Gasteiger partial charge in [-0.2, -0.15) is 0 Å². The Kier molecular flexibility index (Phi) is 5.28. The highest BCUT2D eigenvalue weighted by molar-refractivity contribution is 5.90. The summed E-state index contributed by atoms with van der Waals surface area (Å²) >= 11 is 0. The summed E-state index contributed by atoms with van der Waals surface area (Å²) in [6.07, 6.45) is 0.899. The van der Waals surface area contributed by atoms with E-state index in [4.69, 9.17) is 10.5 Å². The molecular weight excluding hydrogens is 206 g/mol. The monoisotopic (exact) mass is 223 g/mol. The zero-order chi connectivity index (χ0) is 11.8. The van der Waals surface area contributed by atoms with Gasteiger partial charge in [0.1, 0.15) is 5.69 Å². The van der Waals surface area contributed by atoms with Gasteiger partial charge in [-0.25, -0.2) is 4.98 Å². The molecule has 0 atom stereocenters. The molecule has 0 aromatic carbocycles. The maximum atomic E-state index is 10.9. The number of nitrogens with zero attached hydrogens (tertiary/aromatic N) is 1. The van der Waals surface area contributed by atoms with Gasteiger partial charge in [0.2, 0.25) is 5.88 Å². The molecule has 0 aliphatic rings. The van der Waals surface area contributed by atoms with E-state index in [2.05, 4.69) is 17.2 Å². The van der Waals surface area contributed by atoms with Crippen molar-refractivity contribution in [3.63, 3.8) is 0 Å². The topological polar surface area (TPSA) is 77.2 Å². The molecular formula is C11H17N3O2. The Bertz CT molecular complexity index is 342. The minimum Gasteiger partial charge on any atom is -0.478 e. The Morgan fingerprint density at radius 3 is 3.06 bits per heavy atom. The highest BCUT2D eigenvalue weighted by Crippen LogP contribution is 2.07. The molecule has 0 saturated heterocycles. The number of hydrogen-bond acceptors (Lipinski definition) is 4. The van der Waals surface area contributed by atoms with Gasteiger partial charge in [-0.3, -0.25) is 4.79 Å². The average Bonchev–Trinajstić information content (AvgIpc) is 2.29. The molecule has 0 aliphatic heterocycles. The van der Waals surface area contributed by atoms with Crippen molar-refractivity contribution in [1.82, 2.24) is 10.3 Å². The molecule has 1 aromatic heterocycles. The first kappa shape index (κ1) is 12.4. The van der Waals surface area contributed by atoms with E-state index in [1.165, 1.54) is 0 Å². The second-order valence-corrected chi connectivity index (χ2v) is 3.28. The number of ether oxygens (including phenoxy) is 1. The van der Waals surface area contributed by atoms with E-state index in [0.29, 0.717) is 12.5 Å². The van der Waals surface area contributed by atoms with Crippen molar-refractivity contribution in [2.75, 3.05) is 19.7 Å². The molecule has 3 N–H and O–H groups in total. The summed E-state index contributed by atoms with van der Waals surface area (Å²) in [5.74, 6) is -0.106. The van der Waals surface area contributed by atoms with Crippen LogP contribution >= 0.6 is 0 Å². The van der Waals surface area contributed by atoms with E-state index >= 15 is 0 Å². The summed E-state index contributed by atoms with van der Waals surface area (Å²) in [7, 11) is 0. The average molecular weight is 223 g/mol. The van der Waals surface area contributed by atoms with Crippen LogP contribution in [-0.4, -0.2) is 30.6 Å². The molecule has 1 rings (SSSR count). The van der Waals surface area contributed by atoms with E-state index in [1.807, 2.05) is 0 Å². The molecule has 16 heavy (non-hydrogen) atoms. The maximum Gasteiger partial charge on any atom is 0.267 e. The Hall–Kier alpha value is -1.62. The lowest BCUT2D eigenvalue weighted by Crippen LogP contribution is -2.17. The third-order valence-electron chi connectivity index (χ3n) is 1.97. The number of rotatable bonds is 7. The Labute approximate surface area is 95.0 Å². The zero-order valence-corrected chi connectivity index (χ0v) is 9.40. The number of aromatic nitrogens is 1. The van der Waals surface area contributed by atoms with Gasteiger partial charge in [0.15, 0.2) is 0 Å². The fraction of sp³-hybridized carbons (Fsp3) is 0.455. The Morgan fingerprint density at radius 1 is 1.56 bits per heavy atom. The summed E-state index contributed by atoms with van der Waals surface area (Å²) in [5.41, 5.74) is 5.34. The van der Waals surface area contributed by atoms with Crippen LogP contribution in [-0.2, 0) is 0 Å². The van der Waals surface area contributed by atoms with E-state index < -0.39 is 5.91 Å². The largest absolute Gasteiger partial charge is 0.478 e. The van der Waals surface area contributed by atoms with Gasteiger partial charge in [-0.15, -0.1) is 0 Å². The van der Waals surface area contributed by atoms with Crippen molar-refractivity contribution in [1.29, 1.82) is 0 Å². The smallest absolute Gasteiger partial charge is 0.267 e. The van der Waals surface area contributed by atoms with Crippen molar-refractivity contribution < 1.29 is 9.53 Å². The summed E-state index contributed by atoms with van der Waals surface area (Å²) < 4.78 is 5.38. The molecule has 0 bridgehead atoms. The van der Waals surface area contributed by atoms with Gasteiger partial charge in [0.25, 0.3) is 5.91 Å². The molecule has 5 heteroatoms. The summed E-state index contributed by atoms with van der Waals surface area (Å²) in [5, 5.41) is 3.19. The van der Waals surface area contributed by atoms with Gasteiger partial charge < -0.3 is 15.8 Å². The Morgan fingerprint density at radius 2 is 2.38 bits per heavy atom. The first-order valence-corrected chi connectivity index (χ1v) is 5.34. The van der Waals surface area contributed by atoms with Crippen molar-refractivity contribution in [2.45, 2.75) is 13.3 Å². The SMILES string of the molecule is CCNCCCOc1cccc(C(N)=O)n1. The maximum absolute atomic E-state index is 10.9.